The Kier molecular flexibility index (Phi) is 3.09. The summed E-state index contributed by atoms with van der Waals surface area (Å²) >= 11 is 1.55. The summed E-state index contributed by atoms with van der Waals surface area (Å²) in [7, 11) is 1.63. The molecule has 0 atom stereocenters. The van der Waals surface area contributed by atoms with Crippen molar-refractivity contribution in [2.75, 3.05) is 7.11 Å². The molecule has 0 aliphatic carbocycles. The van der Waals surface area contributed by atoms with Gasteiger partial charge in [-0.3, -0.25) is 0 Å². The van der Waals surface area contributed by atoms with Crippen LogP contribution in [0.15, 0.2) is 41.8 Å². The highest BCUT2D eigenvalue weighted by Gasteiger charge is 2.17. The number of methoxy groups -OCH3 is 1. The summed E-state index contributed by atoms with van der Waals surface area (Å²) in [5.74, 6) is 0.803. The summed E-state index contributed by atoms with van der Waals surface area (Å²) in [6.45, 7) is -0.532. The number of ether oxygens (including phenoxy) is 1. The summed E-state index contributed by atoms with van der Waals surface area (Å²) in [4.78, 5) is 0. The first-order valence-electron chi connectivity index (χ1n) is 4.66. The van der Waals surface area contributed by atoms with Gasteiger partial charge in [-0.2, -0.15) is 11.3 Å². The molecule has 0 radical (unpaired) electrons. The van der Waals surface area contributed by atoms with Crippen LogP contribution in [0.4, 0.5) is 0 Å². The monoisotopic (exact) mass is 218 g/mol. The zero-order valence-corrected chi connectivity index (χ0v) is 9.20. The van der Waals surface area contributed by atoms with Crippen LogP contribution in [0.5, 0.6) is 5.75 Å². The van der Waals surface area contributed by atoms with Gasteiger partial charge in [0.05, 0.1) is 7.11 Å². The lowest BCUT2D eigenvalue weighted by molar-refractivity contribution is 0.415. The van der Waals surface area contributed by atoms with E-state index in [2.05, 4.69) is 0 Å². The molecule has 0 spiro atoms. The van der Waals surface area contributed by atoms with Crippen molar-refractivity contribution in [3.05, 3.63) is 41.8 Å². The first kappa shape index (κ1) is 10.3. The molecular weight excluding hydrogens is 207 g/mol. The molecule has 4 heteroatoms. The number of benzene rings is 1. The van der Waals surface area contributed by atoms with Crippen LogP contribution in [0.1, 0.15) is 0 Å². The Morgan fingerprint density at radius 2 is 1.93 bits per heavy atom. The summed E-state index contributed by atoms with van der Waals surface area (Å²) < 4.78 is 6.02. The lowest BCUT2D eigenvalue weighted by atomic mass is 9.60. The van der Waals surface area contributed by atoms with E-state index < -0.39 is 6.92 Å². The molecule has 2 rings (SSSR count). The van der Waals surface area contributed by atoms with E-state index in [-0.39, 0.29) is 0 Å². The molecule has 0 aliphatic rings. The van der Waals surface area contributed by atoms with Crippen LogP contribution in [0.2, 0.25) is 0 Å². The highest BCUT2D eigenvalue weighted by molar-refractivity contribution is 7.22. The Bertz CT molecular complexity index is 411. The van der Waals surface area contributed by atoms with Crippen LogP contribution in [0.25, 0.3) is 0 Å². The third-order valence-corrected chi connectivity index (χ3v) is 3.17. The third kappa shape index (κ3) is 2.22. The summed E-state index contributed by atoms with van der Waals surface area (Å²) in [6.07, 6.45) is 0. The largest absolute Gasteiger partial charge is 0.497 e. The third-order valence-electron chi connectivity index (χ3n) is 2.24. The molecule has 1 heterocycles. The Hall–Kier alpha value is -1.26. The Balaban J connectivity index is 2.22. The molecule has 0 aliphatic heterocycles. The average Bonchev–Trinajstić information content (AvgIpc) is 2.82. The molecule has 0 saturated heterocycles. The molecule has 1 aromatic heterocycles. The zero-order valence-electron chi connectivity index (χ0n) is 8.38. The summed E-state index contributed by atoms with van der Waals surface area (Å²) in [5, 5.41) is 12.0. The van der Waals surface area contributed by atoms with Crippen molar-refractivity contribution in [2.45, 2.75) is 0 Å². The second kappa shape index (κ2) is 4.51. The predicted molar refractivity (Wildman–Crippen MR) is 64.6 cm³/mol. The molecule has 0 fully saturated rings. The molecule has 76 valence electrons. The van der Waals surface area contributed by atoms with Crippen molar-refractivity contribution in [1.82, 2.24) is 0 Å². The first-order chi connectivity index (χ1) is 7.31. The lowest BCUT2D eigenvalue weighted by Gasteiger charge is -2.05. The van der Waals surface area contributed by atoms with Crippen molar-refractivity contribution in [1.29, 1.82) is 0 Å². The van der Waals surface area contributed by atoms with Gasteiger partial charge in [-0.05, 0) is 23.0 Å². The number of thiophene rings is 1. The van der Waals surface area contributed by atoms with Crippen molar-refractivity contribution in [2.24, 2.45) is 0 Å². The van der Waals surface area contributed by atoms with Gasteiger partial charge >= 0.3 is 6.92 Å². The maximum atomic E-state index is 10.0. The minimum absolute atomic E-state index is 0.532. The van der Waals surface area contributed by atoms with Gasteiger partial charge in [-0.25, -0.2) is 0 Å². The standard InChI is InChI=1S/C11H11BO2S/c1-14-10-6-4-9(5-7-10)12(13)11-3-2-8-15-11/h2-8,13H,1H3. The van der Waals surface area contributed by atoms with Crippen molar-refractivity contribution >= 4 is 28.5 Å². The molecule has 0 amide bonds. The normalized spacial score (nSPS) is 10.0. The Morgan fingerprint density at radius 1 is 1.20 bits per heavy atom. The number of hydrogen-bond donors (Lipinski definition) is 1. The maximum absolute atomic E-state index is 10.0. The summed E-state index contributed by atoms with van der Waals surface area (Å²) in [6, 6.07) is 11.3. The van der Waals surface area contributed by atoms with E-state index in [1.54, 1.807) is 18.4 Å². The second-order valence-electron chi connectivity index (χ2n) is 3.19. The number of rotatable bonds is 3. The molecular formula is C11H11BO2S. The average molecular weight is 218 g/mol. The van der Waals surface area contributed by atoms with E-state index >= 15 is 0 Å². The van der Waals surface area contributed by atoms with E-state index in [9.17, 15) is 5.02 Å². The van der Waals surface area contributed by atoms with Crippen LogP contribution in [-0.2, 0) is 0 Å². The fourth-order valence-electron chi connectivity index (χ4n) is 1.40. The topological polar surface area (TPSA) is 29.5 Å². The van der Waals surface area contributed by atoms with E-state index in [1.165, 1.54) is 0 Å². The van der Waals surface area contributed by atoms with E-state index in [4.69, 9.17) is 4.74 Å². The van der Waals surface area contributed by atoms with Crippen molar-refractivity contribution < 1.29 is 9.76 Å². The van der Waals surface area contributed by atoms with Crippen molar-refractivity contribution in [3.63, 3.8) is 0 Å². The molecule has 0 saturated carbocycles. The summed E-state index contributed by atoms with van der Waals surface area (Å²) in [5.41, 5.74) is 0.887. The molecule has 1 aromatic carbocycles. The van der Waals surface area contributed by atoms with Gasteiger partial charge in [0.15, 0.2) is 0 Å². The molecule has 2 nitrogen and oxygen atoms in total. The van der Waals surface area contributed by atoms with E-state index in [0.717, 1.165) is 16.0 Å². The molecule has 0 bridgehead atoms. The highest BCUT2D eigenvalue weighted by Crippen LogP contribution is 2.06. The fraction of sp³-hybridized carbons (Fsp3) is 0.0909. The van der Waals surface area contributed by atoms with Crippen LogP contribution in [-0.4, -0.2) is 19.0 Å². The van der Waals surface area contributed by atoms with E-state index in [1.807, 2.05) is 41.8 Å². The number of hydrogen-bond acceptors (Lipinski definition) is 3. The molecule has 0 unspecified atom stereocenters. The Morgan fingerprint density at radius 3 is 2.47 bits per heavy atom. The van der Waals surface area contributed by atoms with Crippen molar-refractivity contribution in [3.8, 4) is 5.75 Å². The molecule has 2 aromatic rings. The second-order valence-corrected chi connectivity index (χ2v) is 4.17. The van der Waals surface area contributed by atoms with Crippen LogP contribution in [0.3, 0.4) is 0 Å². The van der Waals surface area contributed by atoms with Gasteiger partial charge in [0, 0.05) is 4.78 Å². The van der Waals surface area contributed by atoms with Crippen LogP contribution < -0.4 is 15.0 Å². The lowest BCUT2D eigenvalue weighted by Crippen LogP contribution is -2.40. The van der Waals surface area contributed by atoms with Gasteiger partial charge in [0.25, 0.3) is 0 Å². The van der Waals surface area contributed by atoms with Crippen LogP contribution in [0, 0.1) is 0 Å². The van der Waals surface area contributed by atoms with E-state index in [0.29, 0.717) is 0 Å². The predicted octanol–water partition coefficient (Wildman–Crippen LogP) is 0.855. The van der Waals surface area contributed by atoms with Crippen LogP contribution >= 0.6 is 11.3 Å². The minimum Gasteiger partial charge on any atom is -0.497 e. The SMILES string of the molecule is COc1ccc(B(O)c2cccs2)cc1. The zero-order chi connectivity index (χ0) is 10.7. The van der Waals surface area contributed by atoms with Gasteiger partial charge < -0.3 is 9.76 Å². The van der Waals surface area contributed by atoms with Gasteiger partial charge in [-0.15, -0.1) is 0 Å². The minimum atomic E-state index is -0.532. The Labute approximate surface area is 93.3 Å². The molecule has 1 N–H and O–H groups in total. The highest BCUT2D eigenvalue weighted by atomic mass is 32.1. The molecule has 15 heavy (non-hydrogen) atoms. The van der Waals surface area contributed by atoms with Gasteiger partial charge in [-0.1, -0.05) is 24.3 Å². The quantitative estimate of drug-likeness (QED) is 0.774. The van der Waals surface area contributed by atoms with Gasteiger partial charge in [0.2, 0.25) is 0 Å². The van der Waals surface area contributed by atoms with Gasteiger partial charge in [0.1, 0.15) is 5.75 Å². The first-order valence-corrected chi connectivity index (χ1v) is 5.54. The fourth-order valence-corrected chi connectivity index (χ4v) is 2.13. The maximum Gasteiger partial charge on any atom is 0.369 e. The smallest absolute Gasteiger partial charge is 0.369 e.